The van der Waals surface area contributed by atoms with E-state index in [0.29, 0.717) is 17.9 Å². The first-order valence-electron chi connectivity index (χ1n) is 8.58. The van der Waals surface area contributed by atoms with Crippen LogP contribution < -0.4 is 0 Å². The van der Waals surface area contributed by atoms with E-state index < -0.39 is 5.60 Å². The highest BCUT2D eigenvalue weighted by Gasteiger charge is 2.35. The lowest BCUT2D eigenvalue weighted by Crippen LogP contribution is -2.54. The number of rotatable bonds is 2. The lowest BCUT2D eigenvalue weighted by molar-refractivity contribution is -0.00113. The summed E-state index contributed by atoms with van der Waals surface area (Å²) in [6.07, 6.45) is 3.37. The van der Waals surface area contributed by atoms with Crippen LogP contribution in [0.25, 0.3) is 0 Å². The van der Waals surface area contributed by atoms with Gasteiger partial charge < -0.3 is 9.64 Å². The summed E-state index contributed by atoms with van der Waals surface area (Å²) in [6, 6.07) is 0.574. The average molecular weight is 331 g/mol. The Hall–Kier alpha value is -0.480. The van der Waals surface area contributed by atoms with Crippen LogP contribution in [-0.2, 0) is 4.74 Å². The molecule has 2 fully saturated rings. The van der Waals surface area contributed by atoms with E-state index in [1.54, 1.807) is 0 Å². The Labute approximate surface area is 140 Å². The molecule has 0 aliphatic carbocycles. The second-order valence-corrected chi connectivity index (χ2v) is 8.23. The van der Waals surface area contributed by atoms with Crippen molar-refractivity contribution in [2.24, 2.45) is 11.8 Å². The third-order valence-electron chi connectivity index (χ3n) is 4.75. The second kappa shape index (κ2) is 7.39. The lowest BCUT2D eigenvalue weighted by atomic mass is 9.89. The van der Waals surface area contributed by atoms with Gasteiger partial charge in [0.1, 0.15) is 5.60 Å². The number of alkyl halides is 1. The smallest absolute Gasteiger partial charge is 0.410 e. The van der Waals surface area contributed by atoms with E-state index in [9.17, 15) is 4.79 Å². The molecule has 22 heavy (non-hydrogen) atoms. The number of likely N-dealkylation sites (tertiary alicyclic amines) is 2. The quantitative estimate of drug-likeness (QED) is 0.725. The summed E-state index contributed by atoms with van der Waals surface area (Å²) in [5.74, 6) is 1.88. The van der Waals surface area contributed by atoms with Gasteiger partial charge in [0.15, 0.2) is 0 Å². The van der Waals surface area contributed by atoms with Crippen LogP contribution in [0.3, 0.4) is 0 Å². The van der Waals surface area contributed by atoms with Gasteiger partial charge in [0.05, 0.1) is 0 Å². The third kappa shape index (κ3) is 4.76. The summed E-state index contributed by atoms with van der Waals surface area (Å²) in [4.78, 5) is 16.7. The Balaban J connectivity index is 1.88. The highest BCUT2D eigenvalue weighted by atomic mass is 35.5. The first-order chi connectivity index (χ1) is 10.3. The molecule has 0 saturated carbocycles. The van der Waals surface area contributed by atoms with Crippen LogP contribution in [0, 0.1) is 11.8 Å². The second-order valence-electron chi connectivity index (χ2n) is 7.92. The zero-order valence-corrected chi connectivity index (χ0v) is 15.2. The van der Waals surface area contributed by atoms with E-state index >= 15 is 0 Å². The van der Waals surface area contributed by atoms with Gasteiger partial charge in [-0.15, -0.1) is 11.6 Å². The van der Waals surface area contributed by atoms with Gasteiger partial charge in [-0.2, -0.15) is 0 Å². The Morgan fingerprint density at radius 3 is 2.55 bits per heavy atom. The van der Waals surface area contributed by atoms with Crippen molar-refractivity contribution < 1.29 is 9.53 Å². The molecular formula is C17H31ClN2O2. The largest absolute Gasteiger partial charge is 0.444 e. The summed E-state index contributed by atoms with van der Waals surface area (Å²) >= 11 is 6.05. The molecule has 0 aromatic rings. The number of carbonyl (C=O) groups is 1. The molecule has 2 aliphatic rings. The number of ether oxygens (including phenoxy) is 1. The maximum Gasteiger partial charge on any atom is 0.410 e. The Morgan fingerprint density at radius 2 is 1.95 bits per heavy atom. The Morgan fingerprint density at radius 1 is 1.23 bits per heavy atom. The molecule has 2 aliphatic heterocycles. The van der Waals surface area contributed by atoms with Crippen LogP contribution in [0.5, 0.6) is 0 Å². The maximum atomic E-state index is 12.2. The van der Waals surface area contributed by atoms with Crippen LogP contribution in [-0.4, -0.2) is 59.6 Å². The highest BCUT2D eigenvalue weighted by molar-refractivity contribution is 6.18. The molecule has 0 aromatic heterocycles. The zero-order valence-electron chi connectivity index (χ0n) is 14.5. The molecule has 2 rings (SSSR count). The highest BCUT2D eigenvalue weighted by Crippen LogP contribution is 2.28. The average Bonchev–Trinajstić information content (AvgIpc) is 2.45. The SMILES string of the molecule is CC1CN(C(=O)OC(C)(C)C)CCC1N1CCC[C@@H](CCl)C1. The predicted molar refractivity (Wildman–Crippen MR) is 90.4 cm³/mol. The first-order valence-corrected chi connectivity index (χ1v) is 9.11. The predicted octanol–water partition coefficient (Wildman–Crippen LogP) is 3.58. The summed E-state index contributed by atoms with van der Waals surface area (Å²) in [5, 5.41) is 0. The fraction of sp³-hybridized carbons (Fsp3) is 0.941. The fourth-order valence-corrected chi connectivity index (χ4v) is 3.94. The van der Waals surface area contributed by atoms with Gasteiger partial charge in [-0.3, -0.25) is 4.90 Å². The van der Waals surface area contributed by atoms with Gasteiger partial charge in [-0.25, -0.2) is 4.79 Å². The fourth-order valence-electron chi connectivity index (χ4n) is 3.69. The number of hydrogen-bond donors (Lipinski definition) is 0. The van der Waals surface area contributed by atoms with E-state index in [2.05, 4.69) is 11.8 Å². The van der Waals surface area contributed by atoms with E-state index in [1.165, 1.54) is 19.4 Å². The number of halogens is 1. The topological polar surface area (TPSA) is 32.8 Å². The Kier molecular flexibility index (Phi) is 6.00. The van der Waals surface area contributed by atoms with Crippen LogP contribution in [0.1, 0.15) is 47.0 Å². The molecule has 2 saturated heterocycles. The van der Waals surface area contributed by atoms with Crippen LogP contribution in [0.2, 0.25) is 0 Å². The number of carbonyl (C=O) groups excluding carboxylic acids is 1. The van der Waals surface area contributed by atoms with Gasteiger partial charge in [0, 0.05) is 31.6 Å². The number of amides is 1. The molecule has 4 nitrogen and oxygen atoms in total. The van der Waals surface area contributed by atoms with Crippen molar-refractivity contribution >= 4 is 17.7 Å². The lowest BCUT2D eigenvalue weighted by Gasteiger charge is -2.45. The van der Waals surface area contributed by atoms with Crippen molar-refractivity contribution in [3.8, 4) is 0 Å². The molecule has 0 bridgehead atoms. The molecule has 1 amide bonds. The van der Waals surface area contributed by atoms with Gasteiger partial charge >= 0.3 is 6.09 Å². The molecule has 0 aromatic carbocycles. The molecule has 5 heteroatoms. The zero-order chi connectivity index (χ0) is 16.3. The van der Waals surface area contributed by atoms with E-state index in [1.807, 2.05) is 25.7 Å². The molecule has 128 valence electrons. The van der Waals surface area contributed by atoms with Crippen molar-refractivity contribution in [1.29, 1.82) is 0 Å². The van der Waals surface area contributed by atoms with Crippen molar-refractivity contribution in [3.63, 3.8) is 0 Å². The van der Waals surface area contributed by atoms with Gasteiger partial charge in [-0.1, -0.05) is 6.92 Å². The number of piperidine rings is 2. The minimum Gasteiger partial charge on any atom is -0.444 e. The maximum absolute atomic E-state index is 12.2. The van der Waals surface area contributed by atoms with Crippen molar-refractivity contribution in [1.82, 2.24) is 9.80 Å². The Bertz CT molecular complexity index is 383. The summed E-state index contributed by atoms with van der Waals surface area (Å²) in [5.41, 5.74) is -0.419. The van der Waals surface area contributed by atoms with E-state index in [-0.39, 0.29) is 6.09 Å². The molecule has 0 N–H and O–H groups in total. The number of hydrogen-bond acceptors (Lipinski definition) is 3. The molecule has 2 unspecified atom stereocenters. The van der Waals surface area contributed by atoms with Gasteiger partial charge in [0.2, 0.25) is 0 Å². The minimum absolute atomic E-state index is 0.171. The monoisotopic (exact) mass is 330 g/mol. The van der Waals surface area contributed by atoms with Crippen molar-refractivity contribution in [2.45, 2.75) is 58.6 Å². The summed E-state index contributed by atoms with van der Waals surface area (Å²) in [7, 11) is 0. The number of nitrogens with zero attached hydrogens (tertiary/aromatic N) is 2. The van der Waals surface area contributed by atoms with E-state index in [0.717, 1.165) is 31.9 Å². The molecule has 2 heterocycles. The van der Waals surface area contributed by atoms with E-state index in [4.69, 9.17) is 16.3 Å². The summed E-state index contributed by atoms with van der Waals surface area (Å²) in [6.45, 7) is 11.9. The summed E-state index contributed by atoms with van der Waals surface area (Å²) < 4.78 is 5.50. The minimum atomic E-state index is -0.419. The molecule has 0 radical (unpaired) electrons. The molecular weight excluding hydrogens is 300 g/mol. The van der Waals surface area contributed by atoms with Gasteiger partial charge in [0.25, 0.3) is 0 Å². The van der Waals surface area contributed by atoms with Crippen LogP contribution in [0.4, 0.5) is 4.79 Å². The van der Waals surface area contributed by atoms with Crippen LogP contribution >= 0.6 is 11.6 Å². The third-order valence-corrected chi connectivity index (χ3v) is 5.19. The first kappa shape index (κ1) is 17.9. The standard InChI is InChI=1S/C17H31ClN2O2/c1-13-11-20(16(21)22-17(2,3)4)9-7-15(13)19-8-5-6-14(10-18)12-19/h13-15H,5-12H2,1-4H3/t13?,14-,15?/m0/s1. The molecule has 3 atom stereocenters. The van der Waals surface area contributed by atoms with Crippen molar-refractivity contribution in [2.75, 3.05) is 32.1 Å². The normalized spacial score (nSPS) is 31.1. The van der Waals surface area contributed by atoms with Crippen molar-refractivity contribution in [3.05, 3.63) is 0 Å². The van der Waals surface area contributed by atoms with Crippen LogP contribution in [0.15, 0.2) is 0 Å². The van der Waals surface area contributed by atoms with Gasteiger partial charge in [-0.05, 0) is 58.4 Å². The molecule has 0 spiro atoms.